The lowest BCUT2D eigenvalue weighted by Gasteiger charge is -2.47. The van der Waals surface area contributed by atoms with E-state index in [4.69, 9.17) is 28.8 Å². The molecule has 2 bridgehead atoms. The van der Waals surface area contributed by atoms with Crippen molar-refractivity contribution in [3.8, 4) is 0 Å². The van der Waals surface area contributed by atoms with Gasteiger partial charge in [0.25, 0.3) is 0 Å². The van der Waals surface area contributed by atoms with Gasteiger partial charge in [-0.25, -0.2) is 9.59 Å². The summed E-state index contributed by atoms with van der Waals surface area (Å²) in [5.74, 6) is -3.49. The fourth-order valence-corrected chi connectivity index (χ4v) is 7.10. The molecule has 0 saturated carbocycles. The van der Waals surface area contributed by atoms with Crippen molar-refractivity contribution in [1.82, 2.24) is 0 Å². The van der Waals surface area contributed by atoms with E-state index in [2.05, 4.69) is 0 Å². The minimum absolute atomic E-state index is 0.162. The summed E-state index contributed by atoms with van der Waals surface area (Å²) in [6, 6.07) is 19.8. The number of hydrogen-bond donors (Lipinski definition) is 0. The van der Waals surface area contributed by atoms with Gasteiger partial charge >= 0.3 is 18.3 Å². The Morgan fingerprint density at radius 3 is 1.84 bits per heavy atom. The zero-order valence-corrected chi connectivity index (χ0v) is 25.5. The number of carboxylic acid groups (broad SMARTS) is 1. The maximum absolute atomic E-state index is 14.4. The van der Waals surface area contributed by atoms with Crippen molar-refractivity contribution >= 4 is 18.1 Å². The van der Waals surface area contributed by atoms with E-state index >= 15 is 0 Å². The van der Waals surface area contributed by atoms with Crippen LogP contribution < -0.4 is 5.11 Å². The summed E-state index contributed by atoms with van der Waals surface area (Å²) in [7, 11) is 0. The van der Waals surface area contributed by atoms with Gasteiger partial charge in [0.15, 0.2) is 0 Å². The number of quaternary nitrogens is 1. The maximum atomic E-state index is 14.4. The first-order chi connectivity index (χ1) is 21.4. The number of piperidine rings is 1. The Morgan fingerprint density at radius 1 is 0.911 bits per heavy atom. The smallest absolute Gasteiger partial charge is 0.510 e. The summed E-state index contributed by atoms with van der Waals surface area (Å²) in [4.78, 5) is 35.4. The predicted octanol–water partition coefficient (Wildman–Crippen LogP) is 5.00. The van der Waals surface area contributed by atoms with Crippen LogP contribution in [0.25, 0.3) is 0 Å². The molecule has 2 aromatic rings. The molecule has 246 valence electrons. The van der Waals surface area contributed by atoms with Crippen LogP contribution in [0.3, 0.4) is 0 Å². The summed E-state index contributed by atoms with van der Waals surface area (Å²) in [6.07, 6.45) is 0.228. The van der Waals surface area contributed by atoms with E-state index in [9.17, 15) is 22.8 Å². The molecule has 3 aliphatic rings. The lowest BCUT2D eigenvalue weighted by Crippen LogP contribution is -2.60. The number of halogens is 3. The van der Waals surface area contributed by atoms with Crippen LogP contribution in [0.5, 0.6) is 0 Å². The highest BCUT2D eigenvalue weighted by Gasteiger charge is 2.57. The molecule has 12 heteroatoms. The van der Waals surface area contributed by atoms with E-state index in [-0.39, 0.29) is 12.7 Å². The zero-order valence-electron chi connectivity index (χ0n) is 25.5. The van der Waals surface area contributed by atoms with Gasteiger partial charge in [-0.1, -0.05) is 67.6 Å². The average molecular weight is 636 g/mol. The van der Waals surface area contributed by atoms with Crippen molar-refractivity contribution in [1.29, 1.82) is 0 Å². The molecule has 3 saturated heterocycles. The van der Waals surface area contributed by atoms with Crippen LogP contribution in [0, 0.1) is 0 Å². The predicted molar refractivity (Wildman–Crippen MR) is 153 cm³/mol. The van der Waals surface area contributed by atoms with E-state index in [1.54, 1.807) is 6.92 Å². The average Bonchev–Trinajstić information content (AvgIpc) is 3.56. The molecule has 5 rings (SSSR count). The Bertz CT molecular complexity index is 1230. The van der Waals surface area contributed by atoms with E-state index in [1.165, 1.54) is 43.3 Å². The topological polar surface area (TPSA) is 111 Å². The van der Waals surface area contributed by atoms with Crippen molar-refractivity contribution in [3.63, 3.8) is 0 Å². The molecule has 0 aliphatic carbocycles. The fraction of sp³-hybridized carbons (Fsp3) is 0.545. The van der Waals surface area contributed by atoms with Crippen LogP contribution in [-0.4, -0.2) is 72.9 Å². The number of benzene rings is 2. The van der Waals surface area contributed by atoms with Crippen molar-refractivity contribution in [2.24, 2.45) is 0 Å². The Balaban J connectivity index is 0.000000591. The second-order valence-corrected chi connectivity index (χ2v) is 11.7. The number of ether oxygens (including phenoxy) is 4. The summed E-state index contributed by atoms with van der Waals surface area (Å²) in [5.41, 5.74) is -0.366. The second-order valence-electron chi connectivity index (χ2n) is 11.7. The van der Waals surface area contributed by atoms with Crippen LogP contribution in [0.1, 0.15) is 69.9 Å². The number of carboxylic acids is 1. The van der Waals surface area contributed by atoms with Crippen molar-refractivity contribution < 1.29 is 56.1 Å². The van der Waals surface area contributed by atoms with Gasteiger partial charge in [-0.2, -0.15) is 13.2 Å². The van der Waals surface area contributed by atoms with Crippen molar-refractivity contribution in [2.75, 3.05) is 19.7 Å². The molecule has 3 fully saturated rings. The number of alkyl halides is 3. The summed E-state index contributed by atoms with van der Waals surface area (Å²) < 4.78 is 56.1. The summed E-state index contributed by atoms with van der Waals surface area (Å²) in [6.45, 7) is 6.29. The molecule has 0 aromatic heterocycles. The molecule has 3 atom stereocenters. The lowest BCUT2D eigenvalue weighted by atomic mass is 9.85. The minimum atomic E-state index is -5.19. The van der Waals surface area contributed by atoms with E-state index < -0.39 is 36.2 Å². The van der Waals surface area contributed by atoms with Crippen LogP contribution >= 0.6 is 0 Å². The molecule has 3 aliphatic heterocycles. The van der Waals surface area contributed by atoms with Crippen LogP contribution in [0.4, 0.5) is 18.0 Å². The lowest BCUT2D eigenvalue weighted by molar-refractivity contribution is -0.956. The third-order valence-corrected chi connectivity index (χ3v) is 8.94. The fourth-order valence-electron chi connectivity index (χ4n) is 7.10. The third-order valence-electron chi connectivity index (χ3n) is 8.94. The summed E-state index contributed by atoms with van der Waals surface area (Å²) >= 11 is 0. The number of carbonyl (C=O) groups excluding carboxylic acids is 3. The Labute approximate surface area is 260 Å². The molecule has 1 spiro atoms. The quantitative estimate of drug-likeness (QED) is 0.215. The minimum Gasteiger partial charge on any atom is -0.542 e. The van der Waals surface area contributed by atoms with Crippen LogP contribution in [0.15, 0.2) is 60.7 Å². The highest BCUT2D eigenvalue weighted by molar-refractivity contribution is 5.86. The number of rotatable bonds is 9. The number of nitrogens with zero attached hydrogens (tertiary/aromatic N) is 1. The van der Waals surface area contributed by atoms with E-state index in [0.29, 0.717) is 29.6 Å². The molecule has 9 nitrogen and oxygen atoms in total. The van der Waals surface area contributed by atoms with Gasteiger partial charge in [0.1, 0.15) is 12.1 Å². The molecule has 3 heterocycles. The summed E-state index contributed by atoms with van der Waals surface area (Å²) in [5, 5.41) is 8.78. The SMILES string of the molecule is CCCOC(=O)OC(C)OC(C(=O)OC1CC2CCC(C1)[N+]21CCCC1)(c1ccccc1)c1ccccc1.O=C([O-])C(F)(F)F. The largest absolute Gasteiger partial charge is 0.542 e. The van der Waals surface area contributed by atoms with E-state index in [1.807, 2.05) is 67.6 Å². The normalized spacial score (nSPS) is 22.6. The molecular weight excluding hydrogens is 595 g/mol. The Kier molecular flexibility index (Phi) is 11.1. The maximum Gasteiger partial charge on any atom is 0.510 e. The van der Waals surface area contributed by atoms with Gasteiger partial charge < -0.3 is 33.3 Å². The molecule has 3 unspecified atom stereocenters. The molecule has 0 amide bonds. The van der Waals surface area contributed by atoms with Crippen molar-refractivity contribution in [2.45, 2.75) is 95.0 Å². The molecule has 0 N–H and O–H groups in total. The Hall–Kier alpha value is -3.64. The first kappa shape index (κ1) is 34.2. The van der Waals surface area contributed by atoms with Gasteiger partial charge in [-0.15, -0.1) is 0 Å². The Morgan fingerprint density at radius 2 is 1.40 bits per heavy atom. The number of aliphatic carboxylic acids is 1. The second kappa shape index (κ2) is 14.6. The number of esters is 1. The van der Waals surface area contributed by atoms with Crippen LogP contribution in [-0.2, 0) is 34.1 Å². The first-order valence-electron chi connectivity index (χ1n) is 15.4. The molecular formula is C33H40F3NO8. The van der Waals surface area contributed by atoms with E-state index in [0.717, 1.165) is 12.8 Å². The molecule has 45 heavy (non-hydrogen) atoms. The van der Waals surface area contributed by atoms with Gasteiger partial charge in [0.2, 0.25) is 11.9 Å². The highest BCUT2D eigenvalue weighted by atomic mass is 19.4. The van der Waals surface area contributed by atoms with Crippen molar-refractivity contribution in [3.05, 3.63) is 71.8 Å². The highest BCUT2D eigenvalue weighted by Crippen LogP contribution is 2.47. The number of hydrogen-bond acceptors (Lipinski definition) is 8. The van der Waals surface area contributed by atoms with Crippen LogP contribution in [0.2, 0.25) is 0 Å². The monoisotopic (exact) mass is 635 g/mol. The number of carbonyl (C=O) groups is 3. The molecule has 2 aromatic carbocycles. The van der Waals surface area contributed by atoms with Gasteiger partial charge in [-0.05, 0) is 24.5 Å². The third kappa shape index (κ3) is 7.78. The molecule has 0 radical (unpaired) electrons. The standard InChI is InChI=1S/C31H40NO6.C2HF3O2/c1-3-20-35-30(34)36-23(2)38-31(24-12-6-4-7-13-24,25-14-8-5-9-15-25)29(33)37-28-21-26-16-17-27(22-28)32(26)18-10-11-19-32;3-2(4,5)1(6)7/h4-9,12-15,23,26-28H,3,10-11,16-22H2,1-2H3;(H,6,7)/q+1;/p-1. The van der Waals surface area contributed by atoms with Gasteiger partial charge in [0, 0.05) is 38.5 Å². The van der Waals surface area contributed by atoms with Gasteiger partial charge in [0.05, 0.1) is 31.8 Å². The first-order valence-corrected chi connectivity index (χ1v) is 15.4. The zero-order chi connectivity index (χ0) is 32.7. The van der Waals surface area contributed by atoms with Gasteiger partial charge in [-0.3, -0.25) is 0 Å².